The average Bonchev–Trinajstić information content (AvgIpc) is 2.51. The molecule has 2 nitrogen and oxygen atoms in total. The van der Waals surface area contributed by atoms with Gasteiger partial charge in [0.1, 0.15) is 0 Å². The minimum Gasteiger partial charge on any atom is -0.391 e. The third kappa shape index (κ3) is 3.27. The predicted molar refractivity (Wildman–Crippen MR) is 73.0 cm³/mol. The normalized spacial score (nSPS) is 25.4. The molecule has 0 amide bonds. The molecule has 0 aliphatic heterocycles. The highest BCUT2D eigenvalue weighted by atomic mass is 35.5. The summed E-state index contributed by atoms with van der Waals surface area (Å²) in [5.41, 5.74) is 0.810. The lowest BCUT2D eigenvalue weighted by Gasteiger charge is -2.23. The fourth-order valence-corrected chi connectivity index (χ4v) is 2.63. The summed E-state index contributed by atoms with van der Waals surface area (Å²) in [5, 5.41) is 14.4. The van der Waals surface area contributed by atoms with E-state index in [2.05, 4.69) is 5.32 Å². The maximum atomic E-state index is 10.0. The van der Waals surface area contributed by atoms with Crippen molar-refractivity contribution in [3.05, 3.63) is 28.2 Å². The van der Waals surface area contributed by atoms with Crippen LogP contribution in [0.25, 0.3) is 0 Å². The Labute approximate surface area is 112 Å². The standard InChI is InChI=1S/C13H17Cl2NO/c14-9-5-4-7-11(13(9)15)16-10-6-2-1-3-8-12(10)17/h4-5,7,10,12,16-17H,1-3,6,8H2. The second-order valence-corrected chi connectivity index (χ2v) is 5.34. The Balaban J connectivity index is 2.10. The second kappa shape index (κ2) is 5.94. The summed E-state index contributed by atoms with van der Waals surface area (Å²) >= 11 is 12.1. The van der Waals surface area contributed by atoms with Crippen molar-refractivity contribution in [2.75, 3.05) is 5.32 Å². The van der Waals surface area contributed by atoms with Crippen molar-refractivity contribution >= 4 is 28.9 Å². The lowest BCUT2D eigenvalue weighted by Crippen LogP contribution is -2.32. The van der Waals surface area contributed by atoms with E-state index in [4.69, 9.17) is 23.2 Å². The molecule has 0 aromatic heterocycles. The number of hydrogen-bond acceptors (Lipinski definition) is 2. The molecular weight excluding hydrogens is 257 g/mol. The molecule has 1 aromatic carbocycles. The summed E-state index contributed by atoms with van der Waals surface area (Å²) < 4.78 is 0. The third-order valence-electron chi connectivity index (χ3n) is 3.27. The van der Waals surface area contributed by atoms with Gasteiger partial charge >= 0.3 is 0 Å². The predicted octanol–water partition coefficient (Wildman–Crippen LogP) is 4.10. The first kappa shape index (κ1) is 13.0. The van der Waals surface area contributed by atoms with E-state index in [0.29, 0.717) is 10.0 Å². The van der Waals surface area contributed by atoms with E-state index in [1.807, 2.05) is 12.1 Å². The van der Waals surface area contributed by atoms with Gasteiger partial charge in [-0.3, -0.25) is 0 Å². The topological polar surface area (TPSA) is 32.3 Å². The van der Waals surface area contributed by atoms with Gasteiger partial charge in [0.25, 0.3) is 0 Å². The van der Waals surface area contributed by atoms with E-state index in [-0.39, 0.29) is 12.1 Å². The number of hydrogen-bond donors (Lipinski definition) is 2. The molecule has 0 radical (unpaired) electrons. The molecule has 0 spiro atoms. The van der Waals surface area contributed by atoms with Crippen LogP contribution in [0.15, 0.2) is 18.2 Å². The number of aliphatic hydroxyl groups is 1. The SMILES string of the molecule is OC1CCCCCC1Nc1cccc(Cl)c1Cl. The van der Waals surface area contributed by atoms with Crippen LogP contribution in [0.5, 0.6) is 0 Å². The van der Waals surface area contributed by atoms with E-state index in [9.17, 15) is 5.11 Å². The Morgan fingerprint density at radius 3 is 2.71 bits per heavy atom. The summed E-state index contributed by atoms with van der Waals surface area (Å²) in [6.45, 7) is 0. The van der Waals surface area contributed by atoms with Crippen LogP contribution in [-0.4, -0.2) is 17.3 Å². The molecule has 0 heterocycles. The van der Waals surface area contributed by atoms with Gasteiger partial charge in [0.15, 0.2) is 0 Å². The summed E-state index contributed by atoms with van der Waals surface area (Å²) in [6, 6.07) is 5.60. The van der Waals surface area contributed by atoms with Crippen LogP contribution in [-0.2, 0) is 0 Å². The van der Waals surface area contributed by atoms with Gasteiger partial charge in [0.2, 0.25) is 0 Å². The van der Waals surface area contributed by atoms with Gasteiger partial charge in [-0.2, -0.15) is 0 Å². The number of benzene rings is 1. The molecule has 1 fully saturated rings. The summed E-state index contributed by atoms with van der Waals surface area (Å²) in [6.07, 6.45) is 4.97. The first-order chi connectivity index (χ1) is 8.18. The highest BCUT2D eigenvalue weighted by Gasteiger charge is 2.22. The molecule has 94 valence electrons. The number of nitrogens with one attached hydrogen (secondary N) is 1. The lowest BCUT2D eigenvalue weighted by molar-refractivity contribution is 0.144. The Hall–Kier alpha value is -0.440. The summed E-state index contributed by atoms with van der Waals surface area (Å²) in [4.78, 5) is 0. The van der Waals surface area contributed by atoms with Gasteiger partial charge in [-0.25, -0.2) is 0 Å². The molecule has 0 saturated heterocycles. The molecule has 1 aliphatic rings. The Bertz CT molecular complexity index is 384. The van der Waals surface area contributed by atoms with Gasteiger partial charge < -0.3 is 10.4 Å². The van der Waals surface area contributed by atoms with Crippen LogP contribution in [0, 0.1) is 0 Å². The minimum absolute atomic E-state index is 0.0773. The second-order valence-electron chi connectivity index (χ2n) is 4.56. The molecule has 0 bridgehead atoms. The van der Waals surface area contributed by atoms with Crippen molar-refractivity contribution in [3.63, 3.8) is 0 Å². The molecule has 1 aliphatic carbocycles. The van der Waals surface area contributed by atoms with E-state index in [1.54, 1.807) is 6.07 Å². The van der Waals surface area contributed by atoms with Crippen molar-refractivity contribution in [2.24, 2.45) is 0 Å². The third-order valence-corrected chi connectivity index (χ3v) is 4.09. The lowest BCUT2D eigenvalue weighted by atomic mass is 10.1. The van der Waals surface area contributed by atoms with E-state index in [0.717, 1.165) is 31.4 Å². The maximum Gasteiger partial charge on any atom is 0.0823 e. The monoisotopic (exact) mass is 273 g/mol. The Morgan fingerprint density at radius 1 is 1.12 bits per heavy atom. The zero-order valence-corrected chi connectivity index (χ0v) is 11.1. The van der Waals surface area contributed by atoms with Crippen LogP contribution in [0.4, 0.5) is 5.69 Å². The Morgan fingerprint density at radius 2 is 1.88 bits per heavy atom. The number of anilines is 1. The van der Waals surface area contributed by atoms with Gasteiger partial charge in [-0.15, -0.1) is 0 Å². The molecule has 17 heavy (non-hydrogen) atoms. The first-order valence-electron chi connectivity index (χ1n) is 6.07. The molecule has 2 atom stereocenters. The van der Waals surface area contributed by atoms with Crippen LogP contribution in [0.1, 0.15) is 32.1 Å². The maximum absolute atomic E-state index is 10.0. The molecule has 1 aromatic rings. The molecular formula is C13H17Cl2NO. The van der Waals surface area contributed by atoms with Crippen LogP contribution < -0.4 is 5.32 Å². The summed E-state index contributed by atoms with van der Waals surface area (Å²) in [7, 11) is 0. The van der Waals surface area contributed by atoms with Crippen molar-refractivity contribution < 1.29 is 5.11 Å². The zero-order chi connectivity index (χ0) is 12.3. The van der Waals surface area contributed by atoms with E-state index >= 15 is 0 Å². The summed E-state index contributed by atoms with van der Waals surface area (Å²) in [5.74, 6) is 0. The molecule has 2 rings (SSSR count). The van der Waals surface area contributed by atoms with Gasteiger partial charge in [-0.05, 0) is 25.0 Å². The van der Waals surface area contributed by atoms with Crippen LogP contribution >= 0.6 is 23.2 Å². The quantitative estimate of drug-likeness (QED) is 0.796. The Kier molecular flexibility index (Phi) is 4.55. The fourth-order valence-electron chi connectivity index (χ4n) is 2.27. The first-order valence-corrected chi connectivity index (χ1v) is 6.82. The zero-order valence-electron chi connectivity index (χ0n) is 9.63. The van der Waals surface area contributed by atoms with Crippen molar-refractivity contribution in [1.82, 2.24) is 0 Å². The van der Waals surface area contributed by atoms with Gasteiger partial charge in [0.05, 0.1) is 27.9 Å². The largest absolute Gasteiger partial charge is 0.391 e. The minimum atomic E-state index is -0.299. The highest BCUT2D eigenvalue weighted by molar-refractivity contribution is 6.43. The fraction of sp³-hybridized carbons (Fsp3) is 0.538. The van der Waals surface area contributed by atoms with E-state index < -0.39 is 0 Å². The smallest absolute Gasteiger partial charge is 0.0823 e. The molecule has 2 N–H and O–H groups in total. The number of halogens is 2. The van der Waals surface area contributed by atoms with Gasteiger partial charge in [0, 0.05) is 0 Å². The molecule has 2 unspecified atom stereocenters. The van der Waals surface area contributed by atoms with E-state index in [1.165, 1.54) is 6.42 Å². The number of aliphatic hydroxyl groups excluding tert-OH is 1. The molecule has 4 heteroatoms. The van der Waals surface area contributed by atoms with Crippen LogP contribution in [0.2, 0.25) is 10.0 Å². The van der Waals surface area contributed by atoms with Gasteiger partial charge in [-0.1, -0.05) is 48.5 Å². The molecule has 1 saturated carbocycles. The highest BCUT2D eigenvalue weighted by Crippen LogP contribution is 2.31. The number of rotatable bonds is 2. The van der Waals surface area contributed by atoms with Crippen molar-refractivity contribution in [1.29, 1.82) is 0 Å². The van der Waals surface area contributed by atoms with Crippen LogP contribution in [0.3, 0.4) is 0 Å². The average molecular weight is 274 g/mol. The van der Waals surface area contributed by atoms with Crippen molar-refractivity contribution in [2.45, 2.75) is 44.2 Å². The van der Waals surface area contributed by atoms with Crippen molar-refractivity contribution in [3.8, 4) is 0 Å².